The Morgan fingerprint density at radius 3 is 2.84 bits per heavy atom. The normalized spacial score (nSPS) is 26.2. The van der Waals surface area contributed by atoms with E-state index in [0.717, 1.165) is 4.90 Å². The molecule has 0 radical (unpaired) electrons. The summed E-state index contributed by atoms with van der Waals surface area (Å²) >= 11 is 1.41. The summed E-state index contributed by atoms with van der Waals surface area (Å²) in [4.78, 5) is 11.7. The van der Waals surface area contributed by atoms with Gasteiger partial charge in [0.2, 0.25) is 0 Å². The molecule has 102 valence electrons. The summed E-state index contributed by atoms with van der Waals surface area (Å²) in [5, 5.41) is 0. The van der Waals surface area contributed by atoms with Crippen molar-refractivity contribution in [3.8, 4) is 0 Å². The standard InChI is InChI=1S/C14H15FO3S/c1-9-13(18-10(2)16)6-7-14(17-9)19-12-5-3-4-11(15)8-12/h3-9,13-14H,1-2H3/t9-,13+,14?/m0/s1. The van der Waals surface area contributed by atoms with E-state index in [4.69, 9.17) is 9.47 Å². The number of esters is 1. The fourth-order valence-electron chi connectivity index (χ4n) is 1.76. The maximum Gasteiger partial charge on any atom is 0.303 e. The molecule has 0 saturated heterocycles. The van der Waals surface area contributed by atoms with Gasteiger partial charge in [0.25, 0.3) is 0 Å². The number of rotatable bonds is 3. The SMILES string of the molecule is CC(=O)O[C@@H]1C=CC(Sc2cccc(F)c2)O[C@H]1C. The maximum absolute atomic E-state index is 13.1. The Morgan fingerprint density at radius 1 is 1.42 bits per heavy atom. The van der Waals surface area contributed by atoms with E-state index in [0.29, 0.717) is 0 Å². The van der Waals surface area contributed by atoms with Crippen LogP contribution in [0.2, 0.25) is 0 Å². The van der Waals surface area contributed by atoms with Gasteiger partial charge in [-0.2, -0.15) is 0 Å². The molecule has 0 N–H and O–H groups in total. The number of benzene rings is 1. The van der Waals surface area contributed by atoms with Crippen molar-refractivity contribution < 1.29 is 18.7 Å². The second-order valence-electron chi connectivity index (χ2n) is 4.24. The number of hydrogen-bond donors (Lipinski definition) is 0. The van der Waals surface area contributed by atoms with Crippen molar-refractivity contribution >= 4 is 17.7 Å². The van der Waals surface area contributed by atoms with E-state index in [2.05, 4.69) is 0 Å². The first-order chi connectivity index (χ1) is 9.04. The Kier molecular flexibility index (Phi) is 4.61. The quantitative estimate of drug-likeness (QED) is 0.630. The lowest BCUT2D eigenvalue weighted by Crippen LogP contribution is -2.34. The van der Waals surface area contributed by atoms with Crippen molar-refractivity contribution in [2.75, 3.05) is 0 Å². The molecule has 0 saturated carbocycles. The maximum atomic E-state index is 13.1. The summed E-state index contributed by atoms with van der Waals surface area (Å²) in [5.74, 6) is -0.600. The van der Waals surface area contributed by atoms with Gasteiger partial charge in [0, 0.05) is 11.8 Å². The van der Waals surface area contributed by atoms with E-state index in [-0.39, 0.29) is 29.4 Å². The monoisotopic (exact) mass is 282 g/mol. The van der Waals surface area contributed by atoms with Gasteiger partial charge in [-0.05, 0) is 37.3 Å². The van der Waals surface area contributed by atoms with Gasteiger partial charge in [0.05, 0.1) is 6.10 Å². The van der Waals surface area contributed by atoms with E-state index >= 15 is 0 Å². The molecule has 0 aromatic heterocycles. The number of halogens is 1. The summed E-state index contributed by atoms with van der Waals surface area (Å²) in [6.07, 6.45) is 3.05. The van der Waals surface area contributed by atoms with Crippen LogP contribution < -0.4 is 0 Å². The molecular formula is C14H15FO3S. The lowest BCUT2D eigenvalue weighted by Gasteiger charge is -2.29. The van der Waals surface area contributed by atoms with Crippen LogP contribution in [-0.4, -0.2) is 23.6 Å². The van der Waals surface area contributed by atoms with Gasteiger partial charge in [0.15, 0.2) is 0 Å². The molecule has 0 bridgehead atoms. The van der Waals surface area contributed by atoms with Crippen LogP contribution in [0.3, 0.4) is 0 Å². The minimum absolute atomic E-state index is 0.205. The van der Waals surface area contributed by atoms with Crippen LogP contribution in [-0.2, 0) is 14.3 Å². The van der Waals surface area contributed by atoms with Crippen LogP contribution in [0.15, 0.2) is 41.3 Å². The lowest BCUT2D eigenvalue weighted by molar-refractivity contribution is -0.151. The van der Waals surface area contributed by atoms with Crippen molar-refractivity contribution in [2.45, 2.75) is 36.4 Å². The van der Waals surface area contributed by atoms with Crippen LogP contribution in [0.4, 0.5) is 4.39 Å². The van der Waals surface area contributed by atoms with Crippen LogP contribution >= 0.6 is 11.8 Å². The molecule has 3 atom stereocenters. The second-order valence-corrected chi connectivity index (χ2v) is 5.42. The summed E-state index contributed by atoms with van der Waals surface area (Å²) in [6, 6.07) is 6.36. The van der Waals surface area contributed by atoms with Gasteiger partial charge in [0.1, 0.15) is 17.4 Å². The topological polar surface area (TPSA) is 35.5 Å². The summed E-state index contributed by atoms with van der Waals surface area (Å²) in [6.45, 7) is 3.21. The number of ether oxygens (including phenoxy) is 2. The third-order valence-corrected chi connectivity index (χ3v) is 3.65. The fraction of sp³-hybridized carbons (Fsp3) is 0.357. The molecule has 2 rings (SSSR count). The molecule has 0 aliphatic carbocycles. The fourth-order valence-corrected chi connectivity index (χ4v) is 2.77. The smallest absolute Gasteiger partial charge is 0.303 e. The van der Waals surface area contributed by atoms with Crippen molar-refractivity contribution in [3.05, 3.63) is 42.2 Å². The molecule has 5 heteroatoms. The molecule has 19 heavy (non-hydrogen) atoms. The van der Waals surface area contributed by atoms with Crippen LogP contribution in [0, 0.1) is 5.82 Å². The Balaban J connectivity index is 1.99. The highest BCUT2D eigenvalue weighted by molar-refractivity contribution is 8.00. The highest BCUT2D eigenvalue weighted by Gasteiger charge is 2.26. The van der Waals surface area contributed by atoms with E-state index in [1.165, 1.54) is 30.8 Å². The van der Waals surface area contributed by atoms with E-state index < -0.39 is 0 Å². The summed E-state index contributed by atoms with van der Waals surface area (Å²) < 4.78 is 23.9. The number of carbonyl (C=O) groups is 1. The number of thioether (sulfide) groups is 1. The molecule has 1 aromatic carbocycles. The predicted molar refractivity (Wildman–Crippen MR) is 71.3 cm³/mol. The Bertz CT molecular complexity index is 489. The van der Waals surface area contributed by atoms with E-state index in [1.54, 1.807) is 6.07 Å². The van der Waals surface area contributed by atoms with Crippen LogP contribution in [0.5, 0.6) is 0 Å². The zero-order valence-corrected chi connectivity index (χ0v) is 11.5. The molecule has 0 spiro atoms. The third-order valence-electron chi connectivity index (χ3n) is 2.62. The molecule has 1 aromatic rings. The average Bonchev–Trinajstić information content (AvgIpc) is 2.32. The second kappa shape index (κ2) is 6.21. The van der Waals surface area contributed by atoms with Gasteiger partial charge in [-0.1, -0.05) is 17.8 Å². The average molecular weight is 282 g/mol. The number of carbonyl (C=O) groups excluding carboxylic acids is 1. The zero-order valence-electron chi connectivity index (χ0n) is 10.7. The number of hydrogen-bond acceptors (Lipinski definition) is 4. The molecule has 1 unspecified atom stereocenters. The van der Waals surface area contributed by atoms with Crippen molar-refractivity contribution in [2.24, 2.45) is 0 Å². The molecule has 0 fully saturated rings. The van der Waals surface area contributed by atoms with Gasteiger partial charge >= 0.3 is 5.97 Å². The summed E-state index contributed by atoms with van der Waals surface area (Å²) in [5.41, 5.74) is -0.205. The van der Waals surface area contributed by atoms with Gasteiger partial charge in [-0.25, -0.2) is 4.39 Å². The molecule has 0 amide bonds. The Hall–Kier alpha value is -1.33. The minimum Gasteiger partial charge on any atom is -0.456 e. The molecular weight excluding hydrogens is 267 g/mol. The van der Waals surface area contributed by atoms with Crippen LogP contribution in [0.25, 0.3) is 0 Å². The Labute approximate surface area is 115 Å². The highest BCUT2D eigenvalue weighted by atomic mass is 32.2. The van der Waals surface area contributed by atoms with Crippen molar-refractivity contribution in [1.82, 2.24) is 0 Å². The minimum atomic E-state index is -0.359. The van der Waals surface area contributed by atoms with Crippen molar-refractivity contribution in [1.29, 1.82) is 0 Å². The molecule has 1 heterocycles. The Morgan fingerprint density at radius 2 is 2.21 bits per heavy atom. The van der Waals surface area contributed by atoms with Gasteiger partial charge in [-0.15, -0.1) is 0 Å². The first-order valence-electron chi connectivity index (χ1n) is 5.98. The van der Waals surface area contributed by atoms with Gasteiger partial charge in [-0.3, -0.25) is 4.79 Å². The molecule has 1 aliphatic heterocycles. The first-order valence-corrected chi connectivity index (χ1v) is 6.86. The van der Waals surface area contributed by atoms with E-state index in [9.17, 15) is 9.18 Å². The van der Waals surface area contributed by atoms with Crippen molar-refractivity contribution in [3.63, 3.8) is 0 Å². The first kappa shape index (κ1) is 14.1. The molecule has 3 nitrogen and oxygen atoms in total. The molecule has 1 aliphatic rings. The largest absolute Gasteiger partial charge is 0.456 e. The third kappa shape index (κ3) is 4.08. The van der Waals surface area contributed by atoms with E-state index in [1.807, 2.05) is 25.1 Å². The summed E-state index contributed by atoms with van der Waals surface area (Å²) in [7, 11) is 0. The lowest BCUT2D eigenvalue weighted by atomic mass is 10.2. The van der Waals surface area contributed by atoms with Gasteiger partial charge < -0.3 is 9.47 Å². The predicted octanol–water partition coefficient (Wildman–Crippen LogP) is 3.15. The highest BCUT2D eigenvalue weighted by Crippen LogP contribution is 2.30. The van der Waals surface area contributed by atoms with Crippen LogP contribution in [0.1, 0.15) is 13.8 Å². The zero-order chi connectivity index (χ0) is 13.8.